The number of rotatable bonds is 6. The summed E-state index contributed by atoms with van der Waals surface area (Å²) in [5, 5.41) is 18.3. The van der Waals surface area contributed by atoms with Gasteiger partial charge in [0.2, 0.25) is 0 Å². The fraction of sp³-hybridized carbons (Fsp3) is 0.357. The van der Waals surface area contributed by atoms with Crippen LogP contribution < -0.4 is 5.32 Å². The summed E-state index contributed by atoms with van der Waals surface area (Å²) in [7, 11) is 1.93. The summed E-state index contributed by atoms with van der Waals surface area (Å²) in [5.41, 5.74) is 3.35. The smallest absolute Gasteiger partial charge is 0.269 e. The van der Waals surface area contributed by atoms with Gasteiger partial charge in [0.25, 0.3) is 5.69 Å². The van der Waals surface area contributed by atoms with E-state index in [4.69, 9.17) is 0 Å². The lowest BCUT2D eigenvalue weighted by Crippen LogP contribution is -2.15. The molecule has 1 aromatic carbocycles. The molecule has 0 unspecified atom stereocenters. The number of hydrogen-bond donors (Lipinski definition) is 1. The van der Waals surface area contributed by atoms with E-state index >= 15 is 0 Å². The maximum Gasteiger partial charge on any atom is 0.269 e. The van der Waals surface area contributed by atoms with E-state index in [9.17, 15) is 10.1 Å². The van der Waals surface area contributed by atoms with Crippen molar-refractivity contribution in [1.82, 2.24) is 15.1 Å². The van der Waals surface area contributed by atoms with E-state index in [1.165, 1.54) is 12.1 Å². The molecular formula is C14H18N4O2. The van der Waals surface area contributed by atoms with Crippen LogP contribution in [0.1, 0.15) is 23.9 Å². The summed E-state index contributed by atoms with van der Waals surface area (Å²) in [6.07, 6.45) is 0.927. The number of nitro benzene ring substituents is 1. The predicted octanol–water partition coefficient (Wildman–Crippen LogP) is 2.18. The maximum atomic E-state index is 10.6. The normalized spacial score (nSPS) is 10.7. The lowest BCUT2D eigenvalue weighted by atomic mass is 10.2. The van der Waals surface area contributed by atoms with Crippen molar-refractivity contribution >= 4 is 5.69 Å². The Hall–Kier alpha value is -2.21. The molecule has 0 atom stereocenters. The molecule has 106 valence electrons. The maximum absolute atomic E-state index is 10.6. The van der Waals surface area contributed by atoms with E-state index < -0.39 is 0 Å². The third kappa shape index (κ3) is 3.42. The average Bonchev–Trinajstić information content (AvgIpc) is 2.80. The topological polar surface area (TPSA) is 73.0 Å². The quantitative estimate of drug-likeness (QED) is 0.647. The van der Waals surface area contributed by atoms with Gasteiger partial charge in [-0.2, -0.15) is 5.10 Å². The third-order valence-electron chi connectivity index (χ3n) is 3.17. The summed E-state index contributed by atoms with van der Waals surface area (Å²) in [4.78, 5) is 10.2. The number of benzene rings is 1. The van der Waals surface area contributed by atoms with Crippen LogP contribution in [0.4, 0.5) is 5.69 Å². The van der Waals surface area contributed by atoms with Crippen LogP contribution in [0.15, 0.2) is 30.3 Å². The minimum Gasteiger partial charge on any atom is -0.307 e. The fourth-order valence-corrected chi connectivity index (χ4v) is 1.98. The Balaban J connectivity index is 1.89. The number of nitrogens with one attached hydrogen (secondary N) is 1. The Morgan fingerprint density at radius 3 is 2.55 bits per heavy atom. The number of nitrogens with zero attached hydrogens (tertiary/aromatic N) is 3. The highest BCUT2D eigenvalue weighted by atomic mass is 16.6. The van der Waals surface area contributed by atoms with Gasteiger partial charge in [0, 0.05) is 32.3 Å². The second-order valence-corrected chi connectivity index (χ2v) is 4.63. The van der Waals surface area contributed by atoms with E-state index in [-0.39, 0.29) is 10.6 Å². The predicted molar refractivity (Wildman–Crippen MR) is 76.2 cm³/mol. The number of nitro groups is 1. The largest absolute Gasteiger partial charge is 0.307 e. The van der Waals surface area contributed by atoms with E-state index in [1.54, 1.807) is 12.1 Å². The molecule has 6 heteroatoms. The summed E-state index contributed by atoms with van der Waals surface area (Å²) >= 11 is 0. The van der Waals surface area contributed by atoms with E-state index in [2.05, 4.69) is 23.4 Å². The molecule has 0 radical (unpaired) electrons. The third-order valence-corrected chi connectivity index (χ3v) is 3.17. The van der Waals surface area contributed by atoms with Crippen LogP contribution in [0.3, 0.4) is 0 Å². The second kappa shape index (κ2) is 6.29. The van der Waals surface area contributed by atoms with Crippen molar-refractivity contribution in [2.24, 2.45) is 7.05 Å². The first-order valence-electron chi connectivity index (χ1n) is 6.56. The molecule has 0 saturated heterocycles. The zero-order valence-corrected chi connectivity index (χ0v) is 11.7. The summed E-state index contributed by atoms with van der Waals surface area (Å²) < 4.78 is 1.88. The molecule has 0 spiro atoms. The highest BCUT2D eigenvalue weighted by Gasteiger charge is 2.05. The molecule has 2 aromatic rings. The van der Waals surface area contributed by atoms with Crippen molar-refractivity contribution in [3.05, 3.63) is 57.4 Å². The van der Waals surface area contributed by atoms with E-state index in [1.807, 2.05) is 11.7 Å². The van der Waals surface area contributed by atoms with Crippen molar-refractivity contribution in [3.63, 3.8) is 0 Å². The van der Waals surface area contributed by atoms with Gasteiger partial charge >= 0.3 is 0 Å². The minimum absolute atomic E-state index is 0.118. The minimum atomic E-state index is -0.390. The first-order chi connectivity index (χ1) is 9.60. The molecule has 1 N–H and O–H groups in total. The Labute approximate surface area is 117 Å². The van der Waals surface area contributed by atoms with Gasteiger partial charge < -0.3 is 5.32 Å². The van der Waals surface area contributed by atoms with Crippen LogP contribution in [0, 0.1) is 10.1 Å². The van der Waals surface area contributed by atoms with Crippen LogP contribution in [-0.2, 0) is 26.6 Å². The lowest BCUT2D eigenvalue weighted by Gasteiger charge is -2.05. The molecule has 2 rings (SSSR count). The van der Waals surface area contributed by atoms with Crippen molar-refractivity contribution in [2.75, 3.05) is 0 Å². The second-order valence-electron chi connectivity index (χ2n) is 4.63. The highest BCUT2D eigenvalue weighted by Crippen LogP contribution is 2.12. The molecular weight excluding hydrogens is 256 g/mol. The zero-order valence-electron chi connectivity index (χ0n) is 11.7. The summed E-state index contributed by atoms with van der Waals surface area (Å²) in [6, 6.07) is 8.67. The number of non-ortho nitro benzene ring substituents is 1. The Morgan fingerprint density at radius 1 is 1.30 bits per heavy atom. The standard InChI is InChI=1S/C14H18N4O2/c1-3-12-8-14(17(2)16-12)10-15-9-11-4-6-13(7-5-11)18(19)20/h4-8,15H,3,9-10H2,1-2H3. The van der Waals surface area contributed by atoms with Gasteiger partial charge in [-0.05, 0) is 18.1 Å². The SMILES string of the molecule is CCc1cc(CNCc2ccc([N+](=O)[O-])cc2)n(C)n1. The zero-order chi connectivity index (χ0) is 14.5. The number of hydrogen-bond acceptors (Lipinski definition) is 4. The van der Waals surface area contributed by atoms with Gasteiger partial charge in [0.15, 0.2) is 0 Å². The van der Waals surface area contributed by atoms with Gasteiger partial charge in [-0.3, -0.25) is 14.8 Å². The van der Waals surface area contributed by atoms with Crippen molar-refractivity contribution in [3.8, 4) is 0 Å². The fourth-order valence-electron chi connectivity index (χ4n) is 1.98. The molecule has 20 heavy (non-hydrogen) atoms. The molecule has 0 fully saturated rings. The molecule has 1 heterocycles. The Kier molecular flexibility index (Phi) is 4.47. The Morgan fingerprint density at radius 2 is 2.00 bits per heavy atom. The van der Waals surface area contributed by atoms with Crippen molar-refractivity contribution in [2.45, 2.75) is 26.4 Å². The summed E-state index contributed by atoms with van der Waals surface area (Å²) in [6.45, 7) is 3.47. The van der Waals surface area contributed by atoms with Crippen LogP contribution >= 0.6 is 0 Å². The molecule has 6 nitrogen and oxygen atoms in total. The molecule has 0 aliphatic heterocycles. The van der Waals surface area contributed by atoms with E-state index in [0.717, 1.165) is 29.9 Å². The summed E-state index contributed by atoms with van der Waals surface area (Å²) in [5.74, 6) is 0. The molecule has 0 aliphatic carbocycles. The highest BCUT2D eigenvalue weighted by molar-refractivity contribution is 5.32. The van der Waals surface area contributed by atoms with Crippen LogP contribution in [-0.4, -0.2) is 14.7 Å². The van der Waals surface area contributed by atoms with Gasteiger partial charge in [-0.25, -0.2) is 0 Å². The average molecular weight is 274 g/mol. The molecule has 0 bridgehead atoms. The number of aryl methyl sites for hydroxylation is 2. The van der Waals surface area contributed by atoms with Crippen molar-refractivity contribution < 1.29 is 4.92 Å². The molecule has 1 aromatic heterocycles. The van der Waals surface area contributed by atoms with Crippen LogP contribution in [0.2, 0.25) is 0 Å². The Bertz CT molecular complexity index is 590. The first kappa shape index (κ1) is 14.2. The molecule has 0 saturated carbocycles. The molecule has 0 aliphatic rings. The van der Waals surface area contributed by atoms with Gasteiger partial charge in [0.05, 0.1) is 16.3 Å². The monoisotopic (exact) mass is 274 g/mol. The first-order valence-corrected chi connectivity index (χ1v) is 6.56. The van der Waals surface area contributed by atoms with Gasteiger partial charge in [0.1, 0.15) is 0 Å². The van der Waals surface area contributed by atoms with Gasteiger partial charge in [-0.1, -0.05) is 19.1 Å². The van der Waals surface area contributed by atoms with E-state index in [0.29, 0.717) is 6.54 Å². The lowest BCUT2D eigenvalue weighted by molar-refractivity contribution is -0.384. The van der Waals surface area contributed by atoms with Crippen molar-refractivity contribution in [1.29, 1.82) is 0 Å². The molecule has 0 amide bonds. The number of aromatic nitrogens is 2. The van der Waals surface area contributed by atoms with Crippen LogP contribution in [0.25, 0.3) is 0 Å². The van der Waals surface area contributed by atoms with Crippen LogP contribution in [0.5, 0.6) is 0 Å². The van der Waals surface area contributed by atoms with Gasteiger partial charge in [-0.15, -0.1) is 0 Å².